The summed E-state index contributed by atoms with van der Waals surface area (Å²) in [5.41, 5.74) is 0.299. The zero-order valence-electron chi connectivity index (χ0n) is 12.0. The number of rotatable bonds is 5. The number of nitrogens with zero attached hydrogens (tertiary/aromatic N) is 1. The van der Waals surface area contributed by atoms with Crippen LogP contribution in [0, 0.1) is 6.92 Å². The van der Waals surface area contributed by atoms with Crippen LogP contribution in [-0.4, -0.2) is 20.5 Å². The van der Waals surface area contributed by atoms with Crippen molar-refractivity contribution in [1.29, 1.82) is 0 Å². The molecule has 0 aliphatic carbocycles. The highest BCUT2D eigenvalue weighted by molar-refractivity contribution is 7.81. The zero-order valence-corrected chi connectivity index (χ0v) is 13.7. The van der Waals surface area contributed by atoms with Gasteiger partial charge in [0, 0.05) is 5.56 Å². The summed E-state index contributed by atoms with van der Waals surface area (Å²) < 4.78 is 68.7. The van der Waals surface area contributed by atoms with Crippen molar-refractivity contribution in [2.45, 2.75) is 19.7 Å². The Balaban J connectivity index is 2.20. The minimum Gasteiger partial charge on any atom is -0.252 e. The molecule has 126 valence electrons. The Kier molecular flexibility index (Phi) is 5.09. The second kappa shape index (κ2) is 6.56. The lowest BCUT2D eigenvalue weighted by Crippen LogP contribution is -2.07. The molecule has 5 nitrogen and oxygen atoms in total. The van der Waals surface area contributed by atoms with Crippen molar-refractivity contribution in [2.75, 3.05) is 7.11 Å². The van der Waals surface area contributed by atoms with Crippen molar-refractivity contribution in [3.05, 3.63) is 40.4 Å². The van der Waals surface area contributed by atoms with E-state index in [1.807, 2.05) is 0 Å². The molecule has 0 unspecified atom stereocenters. The smallest absolute Gasteiger partial charge is 0.252 e. The molecule has 2 rings (SSSR count). The molecule has 23 heavy (non-hydrogen) atoms. The highest BCUT2D eigenvalue weighted by Gasteiger charge is 2.30. The van der Waals surface area contributed by atoms with Crippen LogP contribution in [0.5, 0.6) is 0 Å². The van der Waals surface area contributed by atoms with Gasteiger partial charge in [-0.2, -0.15) is 21.6 Å². The van der Waals surface area contributed by atoms with E-state index in [9.17, 15) is 21.6 Å². The molecule has 0 bridgehead atoms. The molecule has 0 radical (unpaired) electrons. The van der Waals surface area contributed by atoms with E-state index in [-0.39, 0.29) is 6.61 Å². The summed E-state index contributed by atoms with van der Waals surface area (Å²) in [4.78, 5) is 4.76. The maximum absolute atomic E-state index is 12.5. The average Bonchev–Trinajstić information content (AvgIpc) is 2.86. The lowest BCUT2D eigenvalue weighted by Gasteiger charge is -2.06. The molecule has 0 saturated carbocycles. The Morgan fingerprint density at radius 3 is 2.35 bits per heavy atom. The predicted molar refractivity (Wildman–Crippen MR) is 78.0 cm³/mol. The lowest BCUT2D eigenvalue weighted by molar-refractivity contribution is -0.137. The molecule has 10 heteroatoms. The van der Waals surface area contributed by atoms with E-state index >= 15 is 0 Å². The SMILES string of the molecule is COS(=O)(=O)OCc1sc(-c2ccc(C(F)(F)F)cc2)nc1C. The van der Waals surface area contributed by atoms with Crippen LogP contribution in [0.4, 0.5) is 13.2 Å². The van der Waals surface area contributed by atoms with Crippen LogP contribution < -0.4 is 0 Å². The standard InChI is InChI=1S/C13H12F3NO4S2/c1-8-11(7-21-23(18,19)20-2)22-12(17-8)9-3-5-10(6-4-9)13(14,15)16/h3-6H,7H2,1-2H3. The van der Waals surface area contributed by atoms with E-state index < -0.39 is 22.1 Å². The lowest BCUT2D eigenvalue weighted by atomic mass is 10.1. The van der Waals surface area contributed by atoms with Gasteiger partial charge < -0.3 is 0 Å². The molecule has 1 aromatic carbocycles. The van der Waals surface area contributed by atoms with E-state index in [4.69, 9.17) is 0 Å². The number of benzene rings is 1. The van der Waals surface area contributed by atoms with Gasteiger partial charge >= 0.3 is 16.6 Å². The van der Waals surface area contributed by atoms with Crippen LogP contribution >= 0.6 is 11.3 Å². The first kappa shape index (κ1) is 17.9. The van der Waals surface area contributed by atoms with Crippen LogP contribution in [-0.2, 0) is 31.5 Å². The van der Waals surface area contributed by atoms with Gasteiger partial charge in [-0.1, -0.05) is 12.1 Å². The Morgan fingerprint density at radius 2 is 1.83 bits per heavy atom. The highest BCUT2D eigenvalue weighted by Crippen LogP contribution is 2.33. The van der Waals surface area contributed by atoms with Crippen LogP contribution in [0.15, 0.2) is 24.3 Å². The van der Waals surface area contributed by atoms with Crippen LogP contribution in [0.2, 0.25) is 0 Å². The van der Waals surface area contributed by atoms with Gasteiger partial charge in [0.25, 0.3) is 0 Å². The minimum absolute atomic E-state index is 0.250. The summed E-state index contributed by atoms with van der Waals surface area (Å²) in [6.45, 7) is 1.41. The third-order valence-corrected chi connectivity index (χ3v) is 4.89. The Morgan fingerprint density at radius 1 is 1.22 bits per heavy atom. The number of halogens is 3. The quantitative estimate of drug-likeness (QED) is 0.809. The predicted octanol–water partition coefficient (Wildman–Crippen LogP) is 3.55. The molecular formula is C13H12F3NO4S2. The Labute approximate surface area is 135 Å². The number of hydrogen-bond acceptors (Lipinski definition) is 6. The molecule has 0 aliphatic rings. The highest BCUT2D eigenvalue weighted by atomic mass is 32.3. The molecule has 0 saturated heterocycles. The number of hydrogen-bond donors (Lipinski definition) is 0. The van der Waals surface area contributed by atoms with Crippen LogP contribution in [0.1, 0.15) is 16.1 Å². The van der Waals surface area contributed by atoms with Gasteiger partial charge in [0.2, 0.25) is 0 Å². The molecule has 2 aromatic rings. The number of thiazole rings is 1. The van der Waals surface area contributed by atoms with Gasteiger partial charge in [-0.15, -0.1) is 11.3 Å². The topological polar surface area (TPSA) is 65.5 Å². The molecule has 0 spiro atoms. The van der Waals surface area contributed by atoms with Crippen molar-refractivity contribution in [3.63, 3.8) is 0 Å². The largest absolute Gasteiger partial charge is 0.416 e. The molecule has 0 fully saturated rings. The van der Waals surface area contributed by atoms with E-state index in [1.54, 1.807) is 6.92 Å². The molecule has 1 heterocycles. The molecule has 1 aromatic heterocycles. The Bertz CT molecular complexity index is 783. The van der Waals surface area contributed by atoms with Crippen molar-refractivity contribution >= 4 is 21.7 Å². The van der Waals surface area contributed by atoms with Gasteiger partial charge in [-0.25, -0.2) is 9.17 Å². The second-order valence-electron chi connectivity index (χ2n) is 4.44. The van der Waals surface area contributed by atoms with Gasteiger partial charge in [0.15, 0.2) is 0 Å². The number of aromatic nitrogens is 1. The summed E-state index contributed by atoms with van der Waals surface area (Å²) in [6.07, 6.45) is -4.40. The van der Waals surface area contributed by atoms with E-state index in [0.29, 0.717) is 21.1 Å². The molecule has 0 aliphatic heterocycles. The first-order valence-corrected chi connectivity index (χ1v) is 8.36. The average molecular weight is 367 g/mol. The minimum atomic E-state index is -4.40. The summed E-state index contributed by atoms with van der Waals surface area (Å²) in [5.74, 6) is 0. The molecule has 0 amide bonds. The first-order valence-electron chi connectivity index (χ1n) is 6.21. The Hall–Kier alpha value is -1.49. The van der Waals surface area contributed by atoms with Gasteiger partial charge in [0.1, 0.15) is 11.6 Å². The molecule has 0 N–H and O–H groups in total. The van der Waals surface area contributed by atoms with Gasteiger partial charge in [0.05, 0.1) is 23.2 Å². The molecule has 0 atom stereocenters. The number of alkyl halides is 3. The van der Waals surface area contributed by atoms with E-state index in [0.717, 1.165) is 30.6 Å². The maximum Gasteiger partial charge on any atom is 0.416 e. The summed E-state index contributed by atoms with van der Waals surface area (Å²) in [5, 5.41) is 0.477. The summed E-state index contributed by atoms with van der Waals surface area (Å²) in [7, 11) is -3.08. The van der Waals surface area contributed by atoms with E-state index in [1.165, 1.54) is 12.1 Å². The summed E-state index contributed by atoms with van der Waals surface area (Å²) in [6, 6.07) is 4.57. The van der Waals surface area contributed by atoms with Crippen molar-refractivity contribution in [2.24, 2.45) is 0 Å². The zero-order chi connectivity index (χ0) is 17.3. The van der Waals surface area contributed by atoms with Gasteiger partial charge in [-0.05, 0) is 19.1 Å². The van der Waals surface area contributed by atoms with Crippen LogP contribution in [0.25, 0.3) is 10.6 Å². The van der Waals surface area contributed by atoms with Crippen LogP contribution in [0.3, 0.4) is 0 Å². The fourth-order valence-corrected chi connectivity index (χ4v) is 3.08. The van der Waals surface area contributed by atoms with Gasteiger partial charge in [-0.3, -0.25) is 4.18 Å². The van der Waals surface area contributed by atoms with Crippen molar-refractivity contribution in [1.82, 2.24) is 4.98 Å². The first-order chi connectivity index (χ1) is 10.6. The normalized spacial score (nSPS) is 12.6. The third-order valence-electron chi connectivity index (χ3n) is 2.89. The number of aryl methyl sites for hydroxylation is 1. The second-order valence-corrected chi connectivity index (χ2v) is 6.91. The molecular weight excluding hydrogens is 355 g/mol. The maximum atomic E-state index is 12.5. The van der Waals surface area contributed by atoms with E-state index in [2.05, 4.69) is 13.4 Å². The fraction of sp³-hybridized carbons (Fsp3) is 0.308. The fourth-order valence-electron chi connectivity index (χ4n) is 1.66. The monoisotopic (exact) mass is 367 g/mol. The van der Waals surface area contributed by atoms with Crippen molar-refractivity contribution < 1.29 is 30.0 Å². The van der Waals surface area contributed by atoms with Crippen molar-refractivity contribution in [3.8, 4) is 10.6 Å². The summed E-state index contributed by atoms with van der Waals surface area (Å²) >= 11 is 1.14. The third kappa shape index (κ3) is 4.50.